The van der Waals surface area contributed by atoms with Crippen molar-refractivity contribution in [3.8, 4) is 11.1 Å². The number of benzene rings is 2. The van der Waals surface area contributed by atoms with E-state index in [2.05, 4.69) is 0 Å². The van der Waals surface area contributed by atoms with E-state index in [1.165, 1.54) is 6.07 Å². The summed E-state index contributed by atoms with van der Waals surface area (Å²) in [4.78, 5) is 14.3. The van der Waals surface area contributed by atoms with E-state index < -0.39 is 38.4 Å². The number of hydrogen-bond donors (Lipinski definition) is 2. The van der Waals surface area contributed by atoms with Gasteiger partial charge in [-0.3, -0.25) is 10.2 Å². The van der Waals surface area contributed by atoms with Gasteiger partial charge in [0.05, 0.1) is 5.25 Å². The summed E-state index contributed by atoms with van der Waals surface area (Å²) in [5.74, 6) is -3.29. The largest absolute Gasteiger partial charge is 0.274 e. The van der Waals surface area contributed by atoms with E-state index in [1.54, 1.807) is 30.3 Å². The van der Waals surface area contributed by atoms with Crippen molar-refractivity contribution in [1.29, 1.82) is 0 Å². The number of halogens is 2. The summed E-state index contributed by atoms with van der Waals surface area (Å²) in [6.45, 7) is 0. The number of amides is 1. The van der Waals surface area contributed by atoms with Crippen molar-refractivity contribution in [2.24, 2.45) is 0 Å². The maximum atomic E-state index is 14.8. The zero-order valence-corrected chi connectivity index (χ0v) is 15.4. The Morgan fingerprint density at radius 3 is 2.30 bits per heavy atom. The molecule has 0 aliphatic heterocycles. The zero-order valence-electron chi connectivity index (χ0n) is 14.5. The molecule has 0 bridgehead atoms. The van der Waals surface area contributed by atoms with Crippen LogP contribution in [0.1, 0.15) is 42.5 Å². The first-order valence-electron chi connectivity index (χ1n) is 8.74. The minimum atomic E-state index is -3.80. The summed E-state index contributed by atoms with van der Waals surface area (Å²) < 4.78 is 53.4. The van der Waals surface area contributed by atoms with Crippen molar-refractivity contribution in [3.05, 3.63) is 59.7 Å². The molecule has 8 heteroatoms. The summed E-state index contributed by atoms with van der Waals surface area (Å²) in [7, 11) is -3.80. The molecular weight excluding hydrogens is 374 g/mol. The molecule has 0 spiro atoms. The Labute approximate surface area is 156 Å². The molecule has 2 N–H and O–H groups in total. The maximum Gasteiger partial charge on any atom is 0.272 e. The third-order valence-corrected chi connectivity index (χ3v) is 6.44. The lowest BCUT2D eigenvalue weighted by atomic mass is 10.0. The van der Waals surface area contributed by atoms with Crippen LogP contribution in [0, 0.1) is 11.6 Å². The lowest BCUT2D eigenvalue weighted by molar-refractivity contribution is 0.0936. The molecule has 144 valence electrons. The Morgan fingerprint density at radius 1 is 0.963 bits per heavy atom. The van der Waals surface area contributed by atoms with Crippen LogP contribution >= 0.6 is 0 Å². The summed E-state index contributed by atoms with van der Waals surface area (Å²) in [5, 5.41) is -0.614. The number of sulfonamides is 1. The van der Waals surface area contributed by atoms with Crippen LogP contribution in [0.2, 0.25) is 0 Å². The van der Waals surface area contributed by atoms with Gasteiger partial charge in [-0.15, -0.1) is 4.83 Å². The molecule has 1 saturated carbocycles. The Hall–Kier alpha value is -2.32. The van der Waals surface area contributed by atoms with Gasteiger partial charge in [-0.2, -0.15) is 0 Å². The standard InChI is InChI=1S/C19H20F2N2O3S/c20-16-12-11-15(13-7-3-1-4-8-13)18(21)17(16)19(24)22-23-27(25,26)14-9-5-2-6-10-14/h1,3-4,7-8,11-12,14,23H,2,5-6,9-10H2,(H,22,24). The highest BCUT2D eigenvalue weighted by molar-refractivity contribution is 7.90. The third kappa shape index (κ3) is 4.33. The fraction of sp³-hybridized carbons (Fsp3) is 0.316. The molecule has 0 heterocycles. The molecule has 2 aromatic rings. The molecule has 1 aliphatic rings. The minimum absolute atomic E-state index is 0.0530. The summed E-state index contributed by atoms with van der Waals surface area (Å²) in [5.41, 5.74) is 1.64. The highest BCUT2D eigenvalue weighted by Gasteiger charge is 2.28. The number of hydrogen-bond acceptors (Lipinski definition) is 3. The number of carbonyl (C=O) groups excluding carboxylic acids is 1. The van der Waals surface area contributed by atoms with Gasteiger partial charge in [0.1, 0.15) is 17.2 Å². The molecule has 3 rings (SSSR count). The van der Waals surface area contributed by atoms with Crippen LogP contribution in [0.4, 0.5) is 8.78 Å². The fourth-order valence-corrected chi connectivity index (χ4v) is 4.60. The average Bonchev–Trinajstić information content (AvgIpc) is 2.68. The van der Waals surface area contributed by atoms with E-state index in [9.17, 15) is 22.0 Å². The summed E-state index contributed by atoms with van der Waals surface area (Å²) in [6.07, 6.45) is 3.56. The monoisotopic (exact) mass is 394 g/mol. The Bertz CT molecular complexity index is 927. The molecule has 1 fully saturated rings. The summed E-state index contributed by atoms with van der Waals surface area (Å²) >= 11 is 0. The van der Waals surface area contributed by atoms with Crippen LogP contribution in [-0.4, -0.2) is 19.6 Å². The van der Waals surface area contributed by atoms with E-state index >= 15 is 0 Å². The summed E-state index contributed by atoms with van der Waals surface area (Å²) in [6, 6.07) is 10.6. The van der Waals surface area contributed by atoms with E-state index in [0.717, 1.165) is 25.3 Å². The molecule has 5 nitrogen and oxygen atoms in total. The highest BCUT2D eigenvalue weighted by Crippen LogP contribution is 2.27. The molecule has 2 aromatic carbocycles. The van der Waals surface area contributed by atoms with Gasteiger partial charge in [-0.25, -0.2) is 17.2 Å². The van der Waals surface area contributed by atoms with Crippen molar-refractivity contribution < 1.29 is 22.0 Å². The van der Waals surface area contributed by atoms with Crippen molar-refractivity contribution in [2.75, 3.05) is 0 Å². The first-order chi connectivity index (χ1) is 12.9. The Kier molecular flexibility index (Phi) is 5.86. The maximum absolute atomic E-state index is 14.8. The quantitative estimate of drug-likeness (QED) is 0.762. The van der Waals surface area contributed by atoms with Gasteiger partial charge in [0, 0.05) is 5.56 Å². The second-order valence-corrected chi connectivity index (χ2v) is 8.47. The number of hydrazine groups is 1. The zero-order chi connectivity index (χ0) is 19.4. The van der Waals surface area contributed by atoms with Gasteiger partial charge in [0.25, 0.3) is 5.91 Å². The van der Waals surface area contributed by atoms with Crippen LogP contribution in [0.5, 0.6) is 0 Å². The molecular formula is C19H20F2N2O3S. The van der Waals surface area contributed by atoms with Gasteiger partial charge in [0.2, 0.25) is 10.0 Å². The van der Waals surface area contributed by atoms with E-state index in [-0.39, 0.29) is 5.56 Å². The van der Waals surface area contributed by atoms with Gasteiger partial charge >= 0.3 is 0 Å². The number of rotatable bonds is 5. The second kappa shape index (κ2) is 8.14. The highest BCUT2D eigenvalue weighted by atomic mass is 32.2. The predicted molar refractivity (Wildman–Crippen MR) is 98.2 cm³/mol. The van der Waals surface area contributed by atoms with E-state index in [4.69, 9.17) is 0 Å². The lowest BCUT2D eigenvalue weighted by Gasteiger charge is -2.22. The predicted octanol–water partition coefficient (Wildman–Crippen LogP) is 3.53. The van der Waals surface area contributed by atoms with Crippen molar-refractivity contribution in [3.63, 3.8) is 0 Å². The van der Waals surface area contributed by atoms with Crippen LogP contribution < -0.4 is 10.3 Å². The van der Waals surface area contributed by atoms with Crippen molar-refractivity contribution >= 4 is 15.9 Å². The SMILES string of the molecule is O=C(NNS(=O)(=O)C1CCCCC1)c1c(F)ccc(-c2ccccc2)c1F. The topological polar surface area (TPSA) is 75.3 Å². The minimum Gasteiger partial charge on any atom is -0.274 e. The number of nitrogens with one attached hydrogen (secondary N) is 2. The van der Waals surface area contributed by atoms with Crippen LogP contribution in [0.3, 0.4) is 0 Å². The Balaban J connectivity index is 1.80. The van der Waals surface area contributed by atoms with Gasteiger partial charge in [0.15, 0.2) is 0 Å². The van der Waals surface area contributed by atoms with Crippen LogP contribution in [-0.2, 0) is 10.0 Å². The van der Waals surface area contributed by atoms with E-state index in [0.29, 0.717) is 18.4 Å². The lowest BCUT2D eigenvalue weighted by Crippen LogP contribution is -2.46. The first kappa shape index (κ1) is 19.4. The smallest absolute Gasteiger partial charge is 0.272 e. The first-order valence-corrected chi connectivity index (χ1v) is 10.3. The van der Waals surface area contributed by atoms with Gasteiger partial charge in [-0.05, 0) is 30.5 Å². The van der Waals surface area contributed by atoms with Gasteiger partial charge in [-0.1, -0.05) is 49.6 Å². The Morgan fingerprint density at radius 2 is 1.63 bits per heavy atom. The molecule has 0 unspecified atom stereocenters. The molecule has 0 saturated heterocycles. The molecule has 1 amide bonds. The van der Waals surface area contributed by atoms with Crippen LogP contribution in [0.15, 0.2) is 42.5 Å². The molecule has 0 aromatic heterocycles. The molecule has 1 aliphatic carbocycles. The average molecular weight is 394 g/mol. The fourth-order valence-electron chi connectivity index (χ4n) is 3.24. The third-order valence-electron chi connectivity index (χ3n) is 4.70. The second-order valence-electron chi connectivity index (χ2n) is 6.51. The molecule has 0 radical (unpaired) electrons. The van der Waals surface area contributed by atoms with Crippen molar-refractivity contribution in [1.82, 2.24) is 10.3 Å². The van der Waals surface area contributed by atoms with Crippen LogP contribution in [0.25, 0.3) is 11.1 Å². The van der Waals surface area contributed by atoms with Crippen molar-refractivity contribution in [2.45, 2.75) is 37.4 Å². The molecule has 0 atom stereocenters. The van der Waals surface area contributed by atoms with Gasteiger partial charge < -0.3 is 0 Å². The van der Waals surface area contributed by atoms with E-state index in [1.807, 2.05) is 10.3 Å². The number of carbonyl (C=O) groups is 1. The normalized spacial score (nSPS) is 15.5. The molecule has 27 heavy (non-hydrogen) atoms.